The highest BCUT2D eigenvalue weighted by molar-refractivity contribution is 5.26. The second kappa shape index (κ2) is 5.50. The van der Waals surface area contributed by atoms with Gasteiger partial charge in [-0.2, -0.15) is 0 Å². The first kappa shape index (κ1) is 12.9. The minimum absolute atomic E-state index is 0.188. The van der Waals surface area contributed by atoms with Gasteiger partial charge in [0.05, 0.1) is 12.8 Å². The van der Waals surface area contributed by atoms with Crippen molar-refractivity contribution < 1.29 is 9.15 Å². The molecule has 3 heterocycles. The number of nitrogens with one attached hydrogen (secondary N) is 1. The Balaban J connectivity index is 1.86. The van der Waals surface area contributed by atoms with E-state index >= 15 is 0 Å². The number of hydrogen-bond acceptors (Lipinski definition) is 5. The molecular formula is C14H17N3O3. The summed E-state index contributed by atoms with van der Waals surface area (Å²) in [5, 5.41) is 0. The van der Waals surface area contributed by atoms with Crippen LogP contribution in [0.15, 0.2) is 27.6 Å². The van der Waals surface area contributed by atoms with E-state index in [0.717, 1.165) is 12.3 Å². The molecule has 6 nitrogen and oxygen atoms in total. The van der Waals surface area contributed by atoms with Crippen molar-refractivity contribution >= 4 is 0 Å². The van der Waals surface area contributed by atoms with Crippen LogP contribution in [0.25, 0.3) is 0 Å². The van der Waals surface area contributed by atoms with Gasteiger partial charge in [0, 0.05) is 19.5 Å². The zero-order valence-corrected chi connectivity index (χ0v) is 11.4. The molecular weight excluding hydrogens is 258 g/mol. The summed E-state index contributed by atoms with van der Waals surface area (Å²) in [5.74, 6) is 1.94. The number of rotatable bonds is 3. The Morgan fingerprint density at radius 2 is 2.40 bits per heavy atom. The van der Waals surface area contributed by atoms with Crippen molar-refractivity contribution in [3.63, 3.8) is 0 Å². The van der Waals surface area contributed by atoms with Gasteiger partial charge >= 0.3 is 0 Å². The number of aryl methyl sites for hydroxylation is 1. The second-order valence-electron chi connectivity index (χ2n) is 4.78. The molecule has 0 bridgehead atoms. The van der Waals surface area contributed by atoms with E-state index in [0.29, 0.717) is 43.4 Å². The van der Waals surface area contributed by atoms with Crippen LogP contribution >= 0.6 is 0 Å². The molecule has 0 fully saturated rings. The predicted octanol–water partition coefficient (Wildman–Crippen LogP) is 1.32. The smallest absolute Gasteiger partial charge is 0.293 e. The number of aromatic nitrogens is 2. The van der Waals surface area contributed by atoms with Crippen molar-refractivity contribution in [3.05, 3.63) is 46.0 Å². The molecule has 2 aromatic heterocycles. The van der Waals surface area contributed by atoms with E-state index in [1.54, 1.807) is 6.26 Å². The molecule has 1 N–H and O–H groups in total. The summed E-state index contributed by atoms with van der Waals surface area (Å²) < 4.78 is 10.9. The highest BCUT2D eigenvalue weighted by atomic mass is 16.5. The largest absolute Gasteiger partial charge is 0.485 e. The normalized spacial score (nSPS) is 15.4. The van der Waals surface area contributed by atoms with Crippen molar-refractivity contribution in [2.24, 2.45) is 0 Å². The highest BCUT2D eigenvalue weighted by Crippen LogP contribution is 2.18. The molecule has 0 aliphatic carbocycles. The molecule has 0 spiro atoms. The molecule has 2 aromatic rings. The molecule has 0 radical (unpaired) electrons. The van der Waals surface area contributed by atoms with Gasteiger partial charge in [0.25, 0.3) is 5.56 Å². The first-order chi connectivity index (χ1) is 9.76. The van der Waals surface area contributed by atoms with E-state index in [1.165, 1.54) is 0 Å². The maximum atomic E-state index is 12.0. The number of ether oxygens (including phenoxy) is 1. The molecule has 0 atom stereocenters. The highest BCUT2D eigenvalue weighted by Gasteiger charge is 2.20. The first-order valence-corrected chi connectivity index (χ1v) is 6.76. The molecule has 6 heteroatoms. The zero-order chi connectivity index (χ0) is 13.9. The quantitative estimate of drug-likeness (QED) is 0.914. The van der Waals surface area contributed by atoms with Gasteiger partial charge in [0.2, 0.25) is 5.75 Å². The lowest BCUT2D eigenvalue weighted by molar-refractivity contribution is 0.205. The van der Waals surface area contributed by atoms with Crippen molar-refractivity contribution in [3.8, 4) is 5.75 Å². The van der Waals surface area contributed by atoms with Crippen molar-refractivity contribution in [1.82, 2.24) is 14.9 Å². The fraction of sp³-hybridized carbons (Fsp3) is 0.429. The predicted molar refractivity (Wildman–Crippen MR) is 72.6 cm³/mol. The molecule has 0 saturated carbocycles. The van der Waals surface area contributed by atoms with Crippen LogP contribution in [-0.2, 0) is 19.5 Å². The van der Waals surface area contributed by atoms with E-state index in [1.807, 2.05) is 19.1 Å². The molecule has 1 aliphatic heterocycles. The number of fused-ring (bicyclic) bond motifs is 1. The SMILES string of the molecule is CCc1nc2c(c(=O)[nH]1)OCCN(Cc1ccco1)C2. The molecule has 0 unspecified atom stereocenters. The van der Waals surface area contributed by atoms with Crippen molar-refractivity contribution in [1.29, 1.82) is 0 Å². The Morgan fingerprint density at radius 1 is 1.50 bits per heavy atom. The Morgan fingerprint density at radius 3 is 3.15 bits per heavy atom. The Kier molecular flexibility index (Phi) is 3.56. The summed E-state index contributed by atoms with van der Waals surface area (Å²) in [5.41, 5.74) is 0.515. The van der Waals surface area contributed by atoms with Gasteiger partial charge in [-0.15, -0.1) is 0 Å². The minimum atomic E-state index is -0.188. The summed E-state index contributed by atoms with van der Waals surface area (Å²) in [4.78, 5) is 21.3. The average molecular weight is 275 g/mol. The van der Waals surface area contributed by atoms with Gasteiger partial charge in [-0.3, -0.25) is 9.69 Å². The average Bonchev–Trinajstić information content (AvgIpc) is 2.85. The molecule has 0 saturated heterocycles. The van der Waals surface area contributed by atoms with Gasteiger partial charge in [0.1, 0.15) is 23.9 Å². The van der Waals surface area contributed by atoms with Gasteiger partial charge < -0.3 is 14.1 Å². The van der Waals surface area contributed by atoms with Crippen LogP contribution in [0.5, 0.6) is 5.75 Å². The van der Waals surface area contributed by atoms with E-state index in [2.05, 4.69) is 14.9 Å². The number of aromatic amines is 1. The van der Waals surface area contributed by atoms with E-state index in [4.69, 9.17) is 9.15 Å². The fourth-order valence-corrected chi connectivity index (χ4v) is 2.31. The number of furan rings is 1. The Bertz CT molecular complexity index is 634. The first-order valence-electron chi connectivity index (χ1n) is 6.76. The van der Waals surface area contributed by atoms with Crippen LogP contribution in [0, 0.1) is 0 Å². The lowest BCUT2D eigenvalue weighted by atomic mass is 10.3. The van der Waals surface area contributed by atoms with Crippen LogP contribution in [0.3, 0.4) is 0 Å². The Labute approximate surface area is 116 Å². The summed E-state index contributed by atoms with van der Waals surface area (Å²) in [6.07, 6.45) is 2.36. The molecule has 20 heavy (non-hydrogen) atoms. The van der Waals surface area contributed by atoms with Gasteiger partial charge in [-0.25, -0.2) is 4.98 Å². The summed E-state index contributed by atoms with van der Waals surface area (Å²) >= 11 is 0. The summed E-state index contributed by atoms with van der Waals surface area (Å²) in [6, 6.07) is 3.81. The van der Waals surface area contributed by atoms with E-state index < -0.39 is 0 Å². The minimum Gasteiger partial charge on any atom is -0.485 e. The fourth-order valence-electron chi connectivity index (χ4n) is 2.31. The Hall–Kier alpha value is -2.08. The van der Waals surface area contributed by atoms with E-state index in [-0.39, 0.29) is 5.56 Å². The number of nitrogens with zero attached hydrogens (tertiary/aromatic N) is 2. The lowest BCUT2D eigenvalue weighted by Crippen LogP contribution is -2.25. The van der Waals surface area contributed by atoms with Crippen molar-refractivity contribution in [2.75, 3.05) is 13.2 Å². The summed E-state index contributed by atoms with van der Waals surface area (Å²) in [7, 11) is 0. The van der Waals surface area contributed by atoms with Crippen LogP contribution in [0.1, 0.15) is 24.2 Å². The number of H-pyrrole nitrogens is 1. The molecule has 3 rings (SSSR count). The van der Waals surface area contributed by atoms with Crippen LogP contribution in [0.4, 0.5) is 0 Å². The monoisotopic (exact) mass is 275 g/mol. The van der Waals surface area contributed by atoms with E-state index in [9.17, 15) is 4.79 Å². The molecule has 0 amide bonds. The number of hydrogen-bond donors (Lipinski definition) is 1. The topological polar surface area (TPSA) is 71.4 Å². The third-order valence-electron chi connectivity index (χ3n) is 3.32. The van der Waals surface area contributed by atoms with Crippen LogP contribution in [0.2, 0.25) is 0 Å². The summed E-state index contributed by atoms with van der Waals surface area (Å²) in [6.45, 7) is 4.45. The molecule has 0 aromatic carbocycles. The van der Waals surface area contributed by atoms with Gasteiger partial charge in [-0.05, 0) is 12.1 Å². The molecule has 1 aliphatic rings. The second-order valence-corrected chi connectivity index (χ2v) is 4.78. The maximum absolute atomic E-state index is 12.0. The standard InChI is InChI=1S/C14H17N3O3/c1-2-12-15-11-9-17(8-10-4-3-6-19-10)5-7-20-13(11)14(18)16-12/h3-4,6H,2,5,7-9H2,1H3,(H,15,16,18). The van der Waals surface area contributed by atoms with Crippen LogP contribution < -0.4 is 10.3 Å². The van der Waals surface area contributed by atoms with Gasteiger partial charge in [-0.1, -0.05) is 6.92 Å². The lowest BCUT2D eigenvalue weighted by Gasteiger charge is -2.17. The molecule has 106 valence electrons. The van der Waals surface area contributed by atoms with Gasteiger partial charge in [0.15, 0.2) is 0 Å². The third kappa shape index (κ3) is 2.60. The van der Waals surface area contributed by atoms with Crippen molar-refractivity contribution in [2.45, 2.75) is 26.4 Å². The maximum Gasteiger partial charge on any atom is 0.293 e. The third-order valence-corrected chi connectivity index (χ3v) is 3.32. The zero-order valence-electron chi connectivity index (χ0n) is 11.4. The van der Waals surface area contributed by atoms with Crippen LogP contribution in [-0.4, -0.2) is 28.0 Å².